The number of aryl methyl sites for hydroxylation is 1. The highest BCUT2D eigenvalue weighted by Crippen LogP contribution is 2.18. The van der Waals surface area contributed by atoms with Crippen molar-refractivity contribution in [2.75, 3.05) is 32.1 Å². The Balaban J connectivity index is 1.99. The van der Waals surface area contributed by atoms with Crippen LogP contribution >= 0.6 is 0 Å². The fourth-order valence-corrected chi connectivity index (χ4v) is 2.47. The molecule has 26 heavy (non-hydrogen) atoms. The van der Waals surface area contributed by atoms with Gasteiger partial charge >= 0.3 is 0 Å². The molecule has 142 valence electrons. The van der Waals surface area contributed by atoms with Crippen LogP contribution in [-0.4, -0.2) is 48.0 Å². The van der Waals surface area contributed by atoms with Gasteiger partial charge in [0, 0.05) is 45.1 Å². The number of guanidine groups is 1. The molecule has 0 saturated heterocycles. The Bertz CT molecular complexity index is 718. The predicted octanol–water partition coefficient (Wildman–Crippen LogP) is 1.45. The van der Waals surface area contributed by atoms with E-state index in [0.717, 1.165) is 23.4 Å². The fraction of sp³-hybridized carbons (Fsp3) is 0.474. The van der Waals surface area contributed by atoms with Crippen LogP contribution in [0.5, 0.6) is 0 Å². The van der Waals surface area contributed by atoms with Crippen LogP contribution in [0.2, 0.25) is 0 Å². The van der Waals surface area contributed by atoms with E-state index in [1.165, 1.54) is 0 Å². The van der Waals surface area contributed by atoms with Crippen LogP contribution < -0.4 is 15.5 Å². The number of hydrogen-bond donors (Lipinski definition) is 3. The van der Waals surface area contributed by atoms with Crippen LogP contribution in [0, 0.1) is 0 Å². The Morgan fingerprint density at radius 2 is 1.96 bits per heavy atom. The van der Waals surface area contributed by atoms with Gasteiger partial charge in [0.25, 0.3) is 0 Å². The Morgan fingerprint density at radius 1 is 1.27 bits per heavy atom. The van der Waals surface area contributed by atoms with Crippen LogP contribution in [0.4, 0.5) is 5.69 Å². The van der Waals surface area contributed by atoms with Crippen molar-refractivity contribution in [3.05, 3.63) is 47.8 Å². The minimum Gasteiger partial charge on any atom is -0.383 e. The second kappa shape index (κ2) is 8.71. The van der Waals surface area contributed by atoms with E-state index < -0.39 is 5.60 Å². The van der Waals surface area contributed by atoms with E-state index in [4.69, 9.17) is 0 Å². The van der Waals surface area contributed by atoms with Crippen LogP contribution in [0.1, 0.15) is 25.0 Å². The van der Waals surface area contributed by atoms with Crippen molar-refractivity contribution in [2.24, 2.45) is 12.0 Å². The molecular formula is C19H30N6O. The molecule has 0 spiro atoms. The summed E-state index contributed by atoms with van der Waals surface area (Å²) in [5.41, 5.74) is 2.03. The third-order valence-corrected chi connectivity index (χ3v) is 4.14. The highest BCUT2D eigenvalue weighted by molar-refractivity contribution is 5.79. The number of aromatic nitrogens is 2. The molecule has 0 saturated carbocycles. The highest BCUT2D eigenvalue weighted by Gasteiger charge is 2.24. The molecule has 1 heterocycles. The van der Waals surface area contributed by atoms with Crippen molar-refractivity contribution in [3.63, 3.8) is 0 Å². The molecule has 7 heteroatoms. The van der Waals surface area contributed by atoms with E-state index in [9.17, 15) is 5.11 Å². The van der Waals surface area contributed by atoms with Crippen molar-refractivity contribution in [1.82, 2.24) is 20.4 Å². The summed E-state index contributed by atoms with van der Waals surface area (Å²) in [7, 11) is 5.88. The van der Waals surface area contributed by atoms with Gasteiger partial charge in [0.2, 0.25) is 0 Å². The second-order valence-electron chi connectivity index (χ2n) is 6.79. The molecule has 1 aromatic carbocycles. The van der Waals surface area contributed by atoms with Crippen LogP contribution in [0.3, 0.4) is 0 Å². The average molecular weight is 358 g/mol. The van der Waals surface area contributed by atoms with Gasteiger partial charge in [0.1, 0.15) is 5.60 Å². The summed E-state index contributed by atoms with van der Waals surface area (Å²) in [5.74, 6) is 0.674. The average Bonchev–Trinajstić information content (AvgIpc) is 3.05. The number of aliphatic hydroxyl groups is 1. The van der Waals surface area contributed by atoms with Crippen LogP contribution in [-0.2, 0) is 19.2 Å². The number of aliphatic imine (C=N–C) groups is 1. The molecule has 2 rings (SSSR count). The standard InChI is InChI=1S/C19H30N6O/c1-6-20-18(21-11-15-7-9-17(10-8-15)24(3)4)22-14-19(2,26)16-12-23-25(5)13-16/h7-10,12-13,26H,6,11,14H2,1-5H3,(H2,20,21,22). The molecule has 7 nitrogen and oxygen atoms in total. The van der Waals surface area contributed by atoms with E-state index in [2.05, 4.69) is 49.9 Å². The lowest BCUT2D eigenvalue weighted by molar-refractivity contribution is 0.0616. The summed E-state index contributed by atoms with van der Waals surface area (Å²) < 4.78 is 1.68. The Labute approximate surface area is 155 Å². The fourth-order valence-electron chi connectivity index (χ4n) is 2.47. The van der Waals surface area contributed by atoms with E-state index >= 15 is 0 Å². The minimum atomic E-state index is -1.03. The van der Waals surface area contributed by atoms with Crippen molar-refractivity contribution in [3.8, 4) is 0 Å². The Hall–Kier alpha value is -2.54. The first-order chi connectivity index (χ1) is 12.3. The van der Waals surface area contributed by atoms with Gasteiger partial charge in [-0.1, -0.05) is 12.1 Å². The largest absolute Gasteiger partial charge is 0.383 e. The first kappa shape index (κ1) is 19.8. The molecule has 0 aliphatic carbocycles. The lowest BCUT2D eigenvalue weighted by Gasteiger charge is -2.23. The summed E-state index contributed by atoms with van der Waals surface area (Å²) in [6, 6.07) is 8.32. The third-order valence-electron chi connectivity index (χ3n) is 4.14. The molecule has 1 unspecified atom stereocenters. The van der Waals surface area contributed by atoms with Gasteiger partial charge in [0.05, 0.1) is 19.3 Å². The van der Waals surface area contributed by atoms with Gasteiger partial charge < -0.3 is 20.6 Å². The quantitative estimate of drug-likeness (QED) is 0.516. The zero-order chi connectivity index (χ0) is 19.2. The van der Waals surface area contributed by atoms with Crippen LogP contribution in [0.15, 0.2) is 41.7 Å². The minimum absolute atomic E-state index is 0.337. The van der Waals surface area contributed by atoms with Gasteiger partial charge in [-0.05, 0) is 31.5 Å². The maximum atomic E-state index is 10.7. The highest BCUT2D eigenvalue weighted by atomic mass is 16.3. The molecule has 0 bridgehead atoms. The van der Waals surface area contributed by atoms with E-state index in [1.54, 1.807) is 17.8 Å². The van der Waals surface area contributed by atoms with E-state index in [-0.39, 0.29) is 0 Å². The van der Waals surface area contributed by atoms with E-state index in [1.807, 2.05) is 34.3 Å². The molecule has 0 radical (unpaired) electrons. The Morgan fingerprint density at radius 3 is 2.50 bits per heavy atom. The summed E-state index contributed by atoms with van der Waals surface area (Å²) >= 11 is 0. The van der Waals surface area contributed by atoms with Gasteiger partial charge in [-0.15, -0.1) is 0 Å². The zero-order valence-electron chi connectivity index (χ0n) is 16.3. The lowest BCUT2D eigenvalue weighted by Crippen LogP contribution is -2.44. The summed E-state index contributed by atoms with van der Waals surface area (Å²) in [4.78, 5) is 6.68. The maximum absolute atomic E-state index is 10.7. The summed E-state index contributed by atoms with van der Waals surface area (Å²) in [6.45, 7) is 5.44. The molecule has 0 fully saturated rings. The molecule has 3 N–H and O–H groups in total. The molecule has 0 aliphatic heterocycles. The topological polar surface area (TPSA) is 77.7 Å². The Kier molecular flexibility index (Phi) is 6.63. The molecule has 2 aromatic rings. The maximum Gasteiger partial charge on any atom is 0.191 e. The number of nitrogens with one attached hydrogen (secondary N) is 2. The van der Waals surface area contributed by atoms with Gasteiger partial charge in [0.15, 0.2) is 5.96 Å². The second-order valence-corrected chi connectivity index (χ2v) is 6.79. The van der Waals surface area contributed by atoms with Crippen molar-refractivity contribution >= 4 is 11.6 Å². The van der Waals surface area contributed by atoms with Gasteiger partial charge in [-0.2, -0.15) is 5.10 Å². The van der Waals surface area contributed by atoms with Crippen molar-refractivity contribution in [1.29, 1.82) is 0 Å². The van der Waals surface area contributed by atoms with Gasteiger partial charge in [-0.25, -0.2) is 4.99 Å². The third kappa shape index (κ3) is 5.49. The summed E-state index contributed by atoms with van der Waals surface area (Å²) in [5, 5.41) is 21.2. The smallest absolute Gasteiger partial charge is 0.191 e. The molecule has 0 amide bonds. The molecule has 1 aromatic heterocycles. The van der Waals surface area contributed by atoms with Crippen molar-refractivity contribution in [2.45, 2.75) is 26.0 Å². The van der Waals surface area contributed by atoms with Crippen molar-refractivity contribution < 1.29 is 5.11 Å². The first-order valence-electron chi connectivity index (χ1n) is 8.82. The normalized spacial score (nSPS) is 14.0. The number of rotatable bonds is 7. The number of hydrogen-bond acceptors (Lipinski definition) is 4. The number of nitrogens with zero attached hydrogens (tertiary/aromatic N) is 4. The molecule has 0 aliphatic rings. The zero-order valence-corrected chi connectivity index (χ0v) is 16.3. The van der Waals surface area contributed by atoms with Crippen LogP contribution in [0.25, 0.3) is 0 Å². The molecular weight excluding hydrogens is 328 g/mol. The number of anilines is 1. The monoisotopic (exact) mass is 358 g/mol. The van der Waals surface area contributed by atoms with E-state index in [0.29, 0.717) is 19.0 Å². The number of benzene rings is 1. The SMILES string of the molecule is CCNC(=NCc1ccc(N(C)C)cc1)NCC(C)(O)c1cnn(C)c1. The van der Waals surface area contributed by atoms with Gasteiger partial charge in [-0.3, -0.25) is 4.68 Å². The molecule has 1 atom stereocenters. The lowest BCUT2D eigenvalue weighted by atomic mass is 10.00. The summed E-state index contributed by atoms with van der Waals surface area (Å²) in [6.07, 6.45) is 3.50. The predicted molar refractivity (Wildman–Crippen MR) is 106 cm³/mol. The first-order valence-corrected chi connectivity index (χ1v) is 8.82.